The molecule has 0 fully saturated rings. The van der Waals surface area contributed by atoms with E-state index in [0.717, 1.165) is 17.3 Å². The first kappa shape index (κ1) is 11.6. The second-order valence-corrected chi connectivity index (χ2v) is 4.90. The molecule has 2 nitrogen and oxygen atoms in total. The highest BCUT2D eigenvalue weighted by molar-refractivity contribution is 8.03. The maximum atomic E-state index is 8.52. The van der Waals surface area contributed by atoms with Crippen LogP contribution in [0, 0.1) is 0 Å². The predicted molar refractivity (Wildman–Crippen MR) is 53.4 cm³/mol. The van der Waals surface area contributed by atoms with Crippen molar-refractivity contribution in [2.45, 2.75) is 12.2 Å². The number of rotatable bonds is 7. The van der Waals surface area contributed by atoms with E-state index in [1.54, 1.807) is 23.5 Å². The van der Waals surface area contributed by atoms with Crippen molar-refractivity contribution in [2.24, 2.45) is 0 Å². The van der Waals surface area contributed by atoms with Crippen molar-refractivity contribution < 1.29 is 10.2 Å². The van der Waals surface area contributed by atoms with Crippen LogP contribution >= 0.6 is 23.5 Å². The molecule has 68 valence electrons. The van der Waals surface area contributed by atoms with Gasteiger partial charge in [0.1, 0.15) is 0 Å². The Balaban J connectivity index is 3.02. The predicted octanol–water partition coefficient (Wildman–Crippen LogP) is 0.826. The maximum absolute atomic E-state index is 8.52. The summed E-state index contributed by atoms with van der Waals surface area (Å²) >= 11 is 3.53. The van der Waals surface area contributed by atoms with Gasteiger partial charge >= 0.3 is 0 Å². The fraction of sp³-hybridized carbons (Fsp3) is 1.00. The third-order valence-electron chi connectivity index (χ3n) is 1.08. The summed E-state index contributed by atoms with van der Waals surface area (Å²) in [5.41, 5.74) is 0. The van der Waals surface area contributed by atoms with E-state index in [9.17, 15) is 0 Å². The molecule has 0 aromatic carbocycles. The Morgan fingerprint density at radius 3 is 2.36 bits per heavy atom. The largest absolute Gasteiger partial charge is 0.396 e. The number of aliphatic hydroxyl groups is 2. The summed E-state index contributed by atoms with van der Waals surface area (Å²) in [7, 11) is 0. The summed E-state index contributed by atoms with van der Waals surface area (Å²) in [4.78, 5) is 0. The van der Waals surface area contributed by atoms with Crippen molar-refractivity contribution in [1.29, 1.82) is 0 Å². The Labute approximate surface area is 76.8 Å². The van der Waals surface area contributed by atoms with Gasteiger partial charge in [-0.1, -0.05) is 6.92 Å². The Morgan fingerprint density at radius 1 is 1.18 bits per heavy atom. The zero-order valence-electron chi connectivity index (χ0n) is 6.82. The van der Waals surface area contributed by atoms with Crippen molar-refractivity contribution in [2.75, 3.05) is 30.5 Å². The number of aliphatic hydroxyl groups excluding tert-OH is 2. The van der Waals surface area contributed by atoms with Crippen molar-refractivity contribution in [1.82, 2.24) is 0 Å². The van der Waals surface area contributed by atoms with Gasteiger partial charge in [0.05, 0.1) is 13.2 Å². The van der Waals surface area contributed by atoms with Gasteiger partial charge in [0.15, 0.2) is 0 Å². The molecule has 11 heavy (non-hydrogen) atoms. The highest BCUT2D eigenvalue weighted by Gasteiger charge is 2.00. The second-order valence-electron chi connectivity index (χ2n) is 2.20. The molecule has 0 aromatic rings. The minimum Gasteiger partial charge on any atom is -0.396 e. The van der Waals surface area contributed by atoms with Gasteiger partial charge in [0.25, 0.3) is 0 Å². The lowest BCUT2D eigenvalue weighted by Gasteiger charge is -2.08. The van der Waals surface area contributed by atoms with Gasteiger partial charge in [0, 0.05) is 22.5 Å². The van der Waals surface area contributed by atoms with E-state index in [-0.39, 0.29) is 13.2 Å². The Kier molecular flexibility index (Phi) is 9.21. The summed E-state index contributed by atoms with van der Waals surface area (Å²) < 4.78 is 0. The van der Waals surface area contributed by atoms with E-state index >= 15 is 0 Å². The van der Waals surface area contributed by atoms with Gasteiger partial charge in [-0.2, -0.15) is 23.5 Å². The van der Waals surface area contributed by atoms with E-state index in [1.807, 2.05) is 0 Å². The molecule has 0 aliphatic rings. The minimum atomic E-state index is 0.264. The SMILES string of the molecule is C[C@@H](CSCCO)SCCO. The molecule has 1 atom stereocenters. The molecular weight excluding hydrogens is 180 g/mol. The maximum Gasteiger partial charge on any atom is 0.0521 e. The molecule has 0 bridgehead atoms. The average Bonchev–Trinajstić information content (AvgIpc) is 2.01. The second kappa shape index (κ2) is 8.71. The first-order valence-corrected chi connectivity index (χ1v) is 5.92. The number of hydrogen-bond donors (Lipinski definition) is 2. The minimum absolute atomic E-state index is 0.264. The summed E-state index contributed by atoms with van der Waals surface area (Å²) in [5, 5.41) is 17.6. The molecule has 4 heteroatoms. The van der Waals surface area contributed by atoms with Crippen LogP contribution in [-0.2, 0) is 0 Å². The first-order chi connectivity index (χ1) is 5.31. The highest BCUT2D eigenvalue weighted by atomic mass is 32.2. The molecule has 0 unspecified atom stereocenters. The molecule has 0 rings (SSSR count). The fourth-order valence-corrected chi connectivity index (χ4v) is 2.42. The first-order valence-electron chi connectivity index (χ1n) is 3.72. The van der Waals surface area contributed by atoms with Gasteiger partial charge < -0.3 is 10.2 Å². The molecule has 0 aromatic heterocycles. The van der Waals surface area contributed by atoms with Crippen molar-refractivity contribution in [3.8, 4) is 0 Å². The van der Waals surface area contributed by atoms with E-state index < -0.39 is 0 Å². The molecule has 0 aliphatic heterocycles. The normalized spacial score (nSPS) is 13.4. The standard InChI is InChI=1S/C7H16O2S2/c1-7(11-5-3-9)6-10-4-2-8/h7-9H,2-6H2,1H3/t7-/m0/s1. The average molecular weight is 196 g/mol. The van der Waals surface area contributed by atoms with Crippen LogP contribution in [0.1, 0.15) is 6.92 Å². The van der Waals surface area contributed by atoms with Gasteiger partial charge in [-0.3, -0.25) is 0 Å². The lowest BCUT2D eigenvalue weighted by molar-refractivity contribution is 0.322. The van der Waals surface area contributed by atoms with Crippen LogP contribution in [0.15, 0.2) is 0 Å². The lowest BCUT2D eigenvalue weighted by Crippen LogP contribution is -2.04. The van der Waals surface area contributed by atoms with E-state index in [2.05, 4.69) is 6.92 Å². The van der Waals surface area contributed by atoms with Crippen molar-refractivity contribution in [3.05, 3.63) is 0 Å². The number of thioether (sulfide) groups is 2. The van der Waals surface area contributed by atoms with E-state index in [1.165, 1.54) is 0 Å². The Morgan fingerprint density at radius 2 is 1.82 bits per heavy atom. The van der Waals surface area contributed by atoms with E-state index in [4.69, 9.17) is 10.2 Å². The van der Waals surface area contributed by atoms with Gasteiger partial charge in [-0.05, 0) is 0 Å². The van der Waals surface area contributed by atoms with Gasteiger partial charge in [0.2, 0.25) is 0 Å². The molecule has 0 radical (unpaired) electrons. The van der Waals surface area contributed by atoms with Crippen LogP contribution in [-0.4, -0.2) is 45.9 Å². The molecule has 0 aliphatic carbocycles. The molecule has 0 amide bonds. The Hall–Kier alpha value is 0.620. The van der Waals surface area contributed by atoms with Crippen LogP contribution in [0.2, 0.25) is 0 Å². The van der Waals surface area contributed by atoms with Crippen LogP contribution in [0.5, 0.6) is 0 Å². The molecular formula is C7H16O2S2. The van der Waals surface area contributed by atoms with Crippen molar-refractivity contribution >= 4 is 23.5 Å². The summed E-state index contributed by atoms with van der Waals surface area (Å²) in [6, 6.07) is 0. The monoisotopic (exact) mass is 196 g/mol. The summed E-state index contributed by atoms with van der Waals surface area (Å²) in [6.07, 6.45) is 0. The van der Waals surface area contributed by atoms with Crippen molar-refractivity contribution in [3.63, 3.8) is 0 Å². The third kappa shape index (κ3) is 8.53. The van der Waals surface area contributed by atoms with Crippen LogP contribution in [0.25, 0.3) is 0 Å². The molecule has 2 N–H and O–H groups in total. The topological polar surface area (TPSA) is 40.5 Å². The number of hydrogen-bond acceptors (Lipinski definition) is 4. The van der Waals surface area contributed by atoms with Crippen LogP contribution < -0.4 is 0 Å². The lowest BCUT2D eigenvalue weighted by atomic mass is 10.6. The molecule has 0 heterocycles. The zero-order chi connectivity index (χ0) is 8.53. The molecule has 0 spiro atoms. The smallest absolute Gasteiger partial charge is 0.0521 e. The van der Waals surface area contributed by atoms with Gasteiger partial charge in [-0.25, -0.2) is 0 Å². The van der Waals surface area contributed by atoms with Gasteiger partial charge in [-0.15, -0.1) is 0 Å². The quantitative estimate of drug-likeness (QED) is 0.592. The zero-order valence-corrected chi connectivity index (χ0v) is 8.46. The highest BCUT2D eigenvalue weighted by Crippen LogP contribution is 2.14. The Bertz CT molecular complexity index is 80.8. The summed E-state index contributed by atoms with van der Waals surface area (Å²) in [5.74, 6) is 2.70. The summed E-state index contributed by atoms with van der Waals surface area (Å²) in [6.45, 7) is 2.67. The van der Waals surface area contributed by atoms with E-state index in [0.29, 0.717) is 5.25 Å². The van der Waals surface area contributed by atoms with Crippen LogP contribution in [0.4, 0.5) is 0 Å². The molecule has 0 saturated heterocycles. The van der Waals surface area contributed by atoms with Crippen LogP contribution in [0.3, 0.4) is 0 Å². The third-order valence-corrected chi connectivity index (χ3v) is 3.65. The molecule has 0 saturated carbocycles. The fourth-order valence-electron chi connectivity index (χ4n) is 0.616.